The van der Waals surface area contributed by atoms with Crippen molar-refractivity contribution < 1.29 is 4.39 Å². The average Bonchev–Trinajstić information content (AvgIpc) is 2.82. The molecule has 1 fully saturated rings. The summed E-state index contributed by atoms with van der Waals surface area (Å²) in [6.45, 7) is 4.44. The third kappa shape index (κ3) is 2.88. The Hall–Kier alpha value is -1.29. The second-order valence-corrected chi connectivity index (χ2v) is 4.64. The van der Waals surface area contributed by atoms with Gasteiger partial charge < -0.3 is 16.0 Å². The Bertz CT molecular complexity index is 375. The zero-order valence-electron chi connectivity index (χ0n) is 10.2. The molecule has 1 unspecified atom stereocenters. The Kier molecular flexibility index (Phi) is 3.84. The number of benzene rings is 1. The van der Waals surface area contributed by atoms with Gasteiger partial charge in [-0.05, 0) is 38.0 Å². The van der Waals surface area contributed by atoms with Gasteiger partial charge in [0.25, 0.3) is 0 Å². The van der Waals surface area contributed by atoms with E-state index in [1.165, 1.54) is 0 Å². The van der Waals surface area contributed by atoms with Gasteiger partial charge in [-0.3, -0.25) is 0 Å². The van der Waals surface area contributed by atoms with Crippen LogP contribution in [-0.2, 0) is 0 Å². The van der Waals surface area contributed by atoms with E-state index < -0.39 is 0 Å². The topological polar surface area (TPSA) is 41.3 Å². The van der Waals surface area contributed by atoms with Crippen LogP contribution in [0.5, 0.6) is 0 Å². The van der Waals surface area contributed by atoms with Crippen molar-refractivity contribution in [3.63, 3.8) is 0 Å². The van der Waals surface area contributed by atoms with Crippen molar-refractivity contribution in [1.29, 1.82) is 0 Å². The first-order valence-corrected chi connectivity index (χ1v) is 6.22. The maximum atomic E-state index is 13.9. The molecule has 1 heterocycles. The molecule has 0 spiro atoms. The van der Waals surface area contributed by atoms with Crippen molar-refractivity contribution in [1.82, 2.24) is 0 Å². The van der Waals surface area contributed by atoms with Gasteiger partial charge in [0, 0.05) is 31.4 Å². The molecule has 1 aromatic carbocycles. The molecule has 1 atom stereocenters. The van der Waals surface area contributed by atoms with Crippen LogP contribution in [0.2, 0.25) is 0 Å². The van der Waals surface area contributed by atoms with E-state index in [1.54, 1.807) is 6.07 Å². The van der Waals surface area contributed by atoms with E-state index in [1.807, 2.05) is 19.1 Å². The lowest BCUT2D eigenvalue weighted by Crippen LogP contribution is -2.25. The molecule has 0 bridgehead atoms. The van der Waals surface area contributed by atoms with Crippen LogP contribution in [0.25, 0.3) is 0 Å². The minimum Gasteiger partial charge on any atom is -0.381 e. The minimum absolute atomic E-state index is 0.152. The predicted octanol–water partition coefficient (Wildman–Crippen LogP) is 2.19. The number of nitrogens with zero attached hydrogens (tertiary/aromatic N) is 1. The van der Waals surface area contributed by atoms with Gasteiger partial charge >= 0.3 is 0 Å². The molecule has 1 aromatic rings. The normalized spacial score (nSPS) is 17.2. The van der Waals surface area contributed by atoms with Crippen LogP contribution in [0, 0.1) is 5.82 Å². The van der Waals surface area contributed by atoms with Gasteiger partial charge in [-0.1, -0.05) is 0 Å². The van der Waals surface area contributed by atoms with Gasteiger partial charge in [-0.15, -0.1) is 0 Å². The van der Waals surface area contributed by atoms with Crippen LogP contribution in [-0.4, -0.2) is 25.7 Å². The van der Waals surface area contributed by atoms with Crippen LogP contribution < -0.4 is 16.0 Å². The fourth-order valence-corrected chi connectivity index (χ4v) is 2.15. The lowest BCUT2D eigenvalue weighted by Gasteiger charge is -2.20. The Morgan fingerprint density at radius 2 is 2.12 bits per heavy atom. The maximum Gasteiger partial charge on any atom is 0.148 e. The summed E-state index contributed by atoms with van der Waals surface area (Å²) in [6.07, 6.45) is 2.31. The zero-order valence-corrected chi connectivity index (χ0v) is 10.2. The number of nitrogens with two attached hydrogens (primary N) is 1. The van der Waals surface area contributed by atoms with Crippen LogP contribution in [0.3, 0.4) is 0 Å². The van der Waals surface area contributed by atoms with E-state index in [0.717, 1.165) is 31.6 Å². The summed E-state index contributed by atoms with van der Waals surface area (Å²) < 4.78 is 13.9. The summed E-state index contributed by atoms with van der Waals surface area (Å²) in [5.41, 5.74) is 7.03. The van der Waals surface area contributed by atoms with Crippen molar-refractivity contribution in [3.05, 3.63) is 24.0 Å². The third-order valence-electron chi connectivity index (χ3n) is 3.16. The van der Waals surface area contributed by atoms with Gasteiger partial charge in [-0.2, -0.15) is 0 Å². The number of rotatable bonds is 4. The fraction of sp³-hybridized carbons (Fsp3) is 0.538. The summed E-state index contributed by atoms with van der Waals surface area (Å²) in [5.74, 6) is -0.152. The first-order valence-electron chi connectivity index (χ1n) is 6.22. The Balaban J connectivity index is 2.10. The number of hydrogen-bond donors (Lipinski definition) is 2. The molecule has 1 saturated heterocycles. The highest BCUT2D eigenvalue weighted by molar-refractivity contribution is 5.57. The van der Waals surface area contributed by atoms with E-state index in [0.29, 0.717) is 12.2 Å². The van der Waals surface area contributed by atoms with Crippen molar-refractivity contribution in [2.24, 2.45) is 5.73 Å². The first kappa shape index (κ1) is 12.2. The lowest BCUT2D eigenvalue weighted by atomic mass is 10.2. The third-order valence-corrected chi connectivity index (χ3v) is 3.16. The number of halogens is 1. The summed E-state index contributed by atoms with van der Waals surface area (Å²) in [5, 5.41) is 3.17. The van der Waals surface area contributed by atoms with E-state index in [2.05, 4.69) is 10.2 Å². The molecule has 1 aliphatic rings. The van der Waals surface area contributed by atoms with Crippen LogP contribution in [0.15, 0.2) is 18.2 Å². The minimum atomic E-state index is -0.152. The van der Waals surface area contributed by atoms with Gasteiger partial charge in [0.1, 0.15) is 5.82 Å². The molecule has 4 heteroatoms. The van der Waals surface area contributed by atoms with Gasteiger partial charge in [-0.25, -0.2) is 4.39 Å². The maximum absolute atomic E-state index is 13.9. The molecular formula is C13H20FN3. The SMILES string of the molecule is CC(CN)Nc1ccc(N2CCCC2)c(F)c1. The average molecular weight is 237 g/mol. The van der Waals surface area contributed by atoms with Gasteiger partial charge in [0.2, 0.25) is 0 Å². The molecule has 0 aromatic heterocycles. The number of nitrogens with one attached hydrogen (secondary N) is 1. The first-order chi connectivity index (χ1) is 8.20. The second kappa shape index (κ2) is 5.36. The molecule has 0 amide bonds. The van der Waals surface area contributed by atoms with Crippen molar-refractivity contribution >= 4 is 11.4 Å². The highest BCUT2D eigenvalue weighted by Gasteiger charge is 2.16. The highest BCUT2D eigenvalue weighted by atomic mass is 19.1. The standard InChI is InChI=1S/C13H20FN3/c1-10(9-15)16-11-4-5-13(12(14)8-11)17-6-2-3-7-17/h4-5,8,10,16H,2-3,6-7,9,15H2,1H3. The van der Waals surface area contributed by atoms with E-state index in [9.17, 15) is 4.39 Å². The predicted molar refractivity (Wildman–Crippen MR) is 70.0 cm³/mol. The molecule has 17 heavy (non-hydrogen) atoms. The van der Waals surface area contributed by atoms with Crippen molar-refractivity contribution in [2.75, 3.05) is 29.9 Å². The van der Waals surface area contributed by atoms with Gasteiger partial charge in [0.05, 0.1) is 5.69 Å². The highest BCUT2D eigenvalue weighted by Crippen LogP contribution is 2.26. The monoisotopic (exact) mass is 237 g/mol. The number of anilines is 2. The van der Waals surface area contributed by atoms with Crippen molar-refractivity contribution in [3.8, 4) is 0 Å². The van der Waals surface area contributed by atoms with E-state index in [4.69, 9.17) is 5.73 Å². The molecule has 3 N–H and O–H groups in total. The summed E-state index contributed by atoms with van der Waals surface area (Å²) >= 11 is 0. The summed E-state index contributed by atoms with van der Waals surface area (Å²) in [6, 6.07) is 5.49. The van der Waals surface area contributed by atoms with Crippen LogP contribution >= 0.6 is 0 Å². The summed E-state index contributed by atoms with van der Waals surface area (Å²) in [7, 11) is 0. The zero-order chi connectivity index (χ0) is 12.3. The molecular weight excluding hydrogens is 217 g/mol. The molecule has 0 radical (unpaired) electrons. The van der Waals surface area contributed by atoms with Crippen LogP contribution in [0.4, 0.5) is 15.8 Å². The second-order valence-electron chi connectivity index (χ2n) is 4.64. The lowest BCUT2D eigenvalue weighted by molar-refractivity contribution is 0.623. The molecule has 0 aliphatic carbocycles. The van der Waals surface area contributed by atoms with Gasteiger partial charge in [0.15, 0.2) is 0 Å². The van der Waals surface area contributed by atoms with Crippen molar-refractivity contribution in [2.45, 2.75) is 25.8 Å². The molecule has 2 rings (SSSR count). The Morgan fingerprint density at radius 1 is 1.41 bits per heavy atom. The van der Waals surface area contributed by atoms with E-state index >= 15 is 0 Å². The molecule has 1 aliphatic heterocycles. The fourth-order valence-electron chi connectivity index (χ4n) is 2.15. The molecule has 3 nitrogen and oxygen atoms in total. The summed E-state index contributed by atoms with van der Waals surface area (Å²) in [4.78, 5) is 2.10. The van der Waals surface area contributed by atoms with E-state index in [-0.39, 0.29) is 11.9 Å². The number of hydrogen-bond acceptors (Lipinski definition) is 3. The smallest absolute Gasteiger partial charge is 0.148 e. The Labute approximate surface area is 102 Å². The largest absolute Gasteiger partial charge is 0.381 e. The molecule has 0 saturated carbocycles. The molecule has 94 valence electrons. The quantitative estimate of drug-likeness (QED) is 0.843. The van der Waals surface area contributed by atoms with Crippen LogP contribution in [0.1, 0.15) is 19.8 Å². The Morgan fingerprint density at radius 3 is 2.71 bits per heavy atom.